The van der Waals surface area contributed by atoms with Crippen molar-refractivity contribution < 1.29 is 9.90 Å². The zero-order valence-corrected chi connectivity index (χ0v) is 10.2. The molecule has 0 aliphatic carbocycles. The summed E-state index contributed by atoms with van der Waals surface area (Å²) in [5.74, 6) is -0.472. The minimum absolute atomic E-state index is 0.0793. The van der Waals surface area contributed by atoms with Gasteiger partial charge in [0.05, 0.1) is 11.8 Å². The smallest absolute Gasteiger partial charge is 0.260 e. The highest BCUT2D eigenvalue weighted by Gasteiger charge is 2.12. The maximum absolute atomic E-state index is 11.7. The molecule has 0 aliphatic rings. The highest BCUT2D eigenvalue weighted by molar-refractivity contribution is 9.10. The normalized spacial score (nSPS) is 10.1. The summed E-state index contributed by atoms with van der Waals surface area (Å²) in [6.45, 7) is 0. The van der Waals surface area contributed by atoms with Crippen LogP contribution in [0.15, 0.2) is 28.9 Å². The van der Waals surface area contributed by atoms with E-state index >= 15 is 0 Å². The highest BCUT2D eigenvalue weighted by Crippen LogP contribution is 2.23. The van der Waals surface area contributed by atoms with Crippen molar-refractivity contribution in [1.29, 1.82) is 0 Å². The van der Waals surface area contributed by atoms with Gasteiger partial charge in [0.25, 0.3) is 5.91 Å². The van der Waals surface area contributed by atoms with Crippen LogP contribution < -0.4 is 5.32 Å². The maximum atomic E-state index is 11.7. The number of aromatic hydroxyl groups is 1. The number of benzene rings is 1. The lowest BCUT2D eigenvalue weighted by atomic mass is 10.2. The Kier molecular flexibility index (Phi) is 3.16. The molecule has 16 heavy (non-hydrogen) atoms. The van der Waals surface area contributed by atoms with Crippen LogP contribution in [0.5, 0.6) is 5.75 Å². The van der Waals surface area contributed by atoms with Crippen molar-refractivity contribution in [3.63, 3.8) is 0 Å². The summed E-state index contributed by atoms with van der Waals surface area (Å²) >= 11 is 4.27. The molecule has 1 amide bonds. The van der Waals surface area contributed by atoms with Crippen molar-refractivity contribution in [2.75, 3.05) is 5.32 Å². The van der Waals surface area contributed by atoms with Gasteiger partial charge in [-0.2, -0.15) is 0 Å². The van der Waals surface area contributed by atoms with Crippen LogP contribution in [0.3, 0.4) is 0 Å². The minimum Gasteiger partial charge on any atom is -0.507 e. The first-order valence-corrected chi connectivity index (χ1v) is 5.80. The van der Waals surface area contributed by atoms with E-state index in [2.05, 4.69) is 30.8 Å². The summed E-state index contributed by atoms with van der Waals surface area (Å²) in [5, 5.41) is 16.3. The van der Waals surface area contributed by atoms with Gasteiger partial charge in [-0.15, -0.1) is 5.10 Å². The van der Waals surface area contributed by atoms with Crippen LogP contribution in [-0.2, 0) is 0 Å². The molecule has 0 spiro atoms. The SMILES string of the molecule is O=C(Nc1cnns1)c1ccc(Br)cc1O. The lowest BCUT2D eigenvalue weighted by Gasteiger charge is -2.04. The number of halogens is 1. The van der Waals surface area contributed by atoms with Crippen molar-refractivity contribution >= 4 is 38.4 Å². The molecule has 0 radical (unpaired) electrons. The first-order valence-electron chi connectivity index (χ1n) is 4.24. The molecule has 82 valence electrons. The van der Waals surface area contributed by atoms with Crippen molar-refractivity contribution in [3.05, 3.63) is 34.4 Å². The summed E-state index contributed by atoms with van der Waals surface area (Å²) in [4.78, 5) is 11.7. The minimum atomic E-state index is -0.393. The monoisotopic (exact) mass is 299 g/mol. The lowest BCUT2D eigenvalue weighted by Crippen LogP contribution is -2.10. The molecule has 1 aromatic carbocycles. The molecule has 2 N–H and O–H groups in total. The predicted molar refractivity (Wildman–Crippen MR) is 63.7 cm³/mol. The Morgan fingerprint density at radius 3 is 2.94 bits per heavy atom. The van der Waals surface area contributed by atoms with Gasteiger partial charge in [0.1, 0.15) is 10.8 Å². The number of hydrogen-bond acceptors (Lipinski definition) is 5. The van der Waals surface area contributed by atoms with Gasteiger partial charge in [-0.05, 0) is 18.2 Å². The predicted octanol–water partition coefficient (Wildman–Crippen LogP) is 2.26. The molecule has 2 rings (SSSR count). The fourth-order valence-corrected chi connectivity index (χ4v) is 1.86. The van der Waals surface area contributed by atoms with E-state index in [0.29, 0.717) is 9.47 Å². The molecule has 1 aromatic heterocycles. The summed E-state index contributed by atoms with van der Waals surface area (Å²) in [7, 11) is 0. The molecule has 0 aliphatic heterocycles. The number of phenolic OH excluding ortho intramolecular Hbond substituents is 1. The van der Waals surface area contributed by atoms with Crippen LogP contribution in [0, 0.1) is 0 Å². The molecular weight excluding hydrogens is 294 g/mol. The van der Waals surface area contributed by atoms with E-state index in [1.165, 1.54) is 18.3 Å². The molecule has 1 heterocycles. The number of nitrogens with one attached hydrogen (secondary N) is 1. The zero-order chi connectivity index (χ0) is 11.5. The van der Waals surface area contributed by atoms with E-state index in [4.69, 9.17) is 0 Å². The number of nitrogens with zero attached hydrogens (tertiary/aromatic N) is 2. The number of amides is 1. The average Bonchev–Trinajstić information content (AvgIpc) is 2.70. The van der Waals surface area contributed by atoms with Gasteiger partial charge in [0, 0.05) is 16.0 Å². The Balaban J connectivity index is 2.21. The van der Waals surface area contributed by atoms with Crippen LogP contribution in [-0.4, -0.2) is 20.6 Å². The first-order chi connectivity index (χ1) is 7.66. The topological polar surface area (TPSA) is 75.1 Å². The molecule has 0 fully saturated rings. The molecular formula is C9H6BrN3O2S. The highest BCUT2D eigenvalue weighted by atomic mass is 79.9. The van der Waals surface area contributed by atoms with Crippen molar-refractivity contribution in [3.8, 4) is 5.75 Å². The average molecular weight is 300 g/mol. The molecule has 0 saturated carbocycles. The maximum Gasteiger partial charge on any atom is 0.260 e. The first kappa shape index (κ1) is 11.0. The zero-order valence-electron chi connectivity index (χ0n) is 7.85. The molecule has 7 heteroatoms. The summed E-state index contributed by atoms with van der Waals surface area (Å²) in [6.07, 6.45) is 1.44. The molecule has 2 aromatic rings. The summed E-state index contributed by atoms with van der Waals surface area (Å²) < 4.78 is 4.32. The number of anilines is 1. The quantitative estimate of drug-likeness (QED) is 0.892. The van der Waals surface area contributed by atoms with Crippen molar-refractivity contribution in [2.45, 2.75) is 0 Å². The molecule has 0 saturated heterocycles. The van der Waals surface area contributed by atoms with E-state index in [-0.39, 0.29) is 11.3 Å². The largest absolute Gasteiger partial charge is 0.507 e. The standard InChI is InChI=1S/C9H6BrN3O2S/c10-5-1-2-6(7(14)3-5)9(15)12-8-4-11-13-16-8/h1-4,14H,(H,12,15). The Morgan fingerprint density at radius 2 is 2.31 bits per heavy atom. The van der Waals surface area contributed by atoms with E-state index in [0.717, 1.165) is 11.5 Å². The summed E-state index contributed by atoms with van der Waals surface area (Å²) in [6, 6.07) is 4.67. The number of rotatable bonds is 2. The third-order valence-corrected chi connectivity index (χ3v) is 2.88. The molecule has 0 unspecified atom stereocenters. The van der Waals surface area contributed by atoms with Crippen LogP contribution in [0.2, 0.25) is 0 Å². The van der Waals surface area contributed by atoms with Gasteiger partial charge in [0.2, 0.25) is 0 Å². The Labute approximate surface area is 103 Å². The van der Waals surface area contributed by atoms with Gasteiger partial charge in [0.15, 0.2) is 0 Å². The summed E-state index contributed by atoms with van der Waals surface area (Å²) in [5.41, 5.74) is 0.205. The van der Waals surface area contributed by atoms with E-state index < -0.39 is 5.91 Å². The number of carbonyl (C=O) groups excluding carboxylic acids is 1. The van der Waals surface area contributed by atoms with E-state index in [1.54, 1.807) is 6.07 Å². The Bertz CT molecular complexity index is 515. The lowest BCUT2D eigenvalue weighted by molar-refractivity contribution is 0.102. The van der Waals surface area contributed by atoms with Gasteiger partial charge < -0.3 is 10.4 Å². The van der Waals surface area contributed by atoms with Gasteiger partial charge >= 0.3 is 0 Å². The number of hydrogen-bond donors (Lipinski definition) is 2. The number of aromatic nitrogens is 2. The van der Waals surface area contributed by atoms with Crippen LogP contribution in [0.1, 0.15) is 10.4 Å². The van der Waals surface area contributed by atoms with Crippen molar-refractivity contribution in [1.82, 2.24) is 9.59 Å². The second-order valence-corrected chi connectivity index (χ2v) is 4.60. The van der Waals surface area contributed by atoms with Gasteiger partial charge in [-0.3, -0.25) is 4.79 Å². The fourth-order valence-electron chi connectivity index (χ4n) is 1.10. The van der Waals surface area contributed by atoms with Crippen LogP contribution >= 0.6 is 27.5 Å². The molecule has 0 atom stereocenters. The van der Waals surface area contributed by atoms with E-state index in [9.17, 15) is 9.90 Å². The second-order valence-electron chi connectivity index (χ2n) is 2.90. The fraction of sp³-hybridized carbons (Fsp3) is 0. The third-order valence-electron chi connectivity index (χ3n) is 1.80. The molecule has 0 bridgehead atoms. The van der Waals surface area contributed by atoms with Crippen molar-refractivity contribution in [2.24, 2.45) is 0 Å². The third kappa shape index (κ3) is 2.37. The second kappa shape index (κ2) is 4.58. The Morgan fingerprint density at radius 1 is 1.50 bits per heavy atom. The molecule has 5 nitrogen and oxygen atoms in total. The number of phenols is 1. The van der Waals surface area contributed by atoms with E-state index in [1.807, 2.05) is 0 Å². The van der Waals surface area contributed by atoms with Gasteiger partial charge in [-0.1, -0.05) is 20.4 Å². The van der Waals surface area contributed by atoms with Crippen LogP contribution in [0.4, 0.5) is 5.00 Å². The van der Waals surface area contributed by atoms with Gasteiger partial charge in [-0.25, -0.2) is 0 Å². The number of carbonyl (C=O) groups is 1. The van der Waals surface area contributed by atoms with Crippen LogP contribution in [0.25, 0.3) is 0 Å². The Hall–Kier alpha value is -1.47.